The van der Waals surface area contributed by atoms with Gasteiger partial charge in [-0.25, -0.2) is 8.42 Å². The molecule has 1 fully saturated rings. The van der Waals surface area contributed by atoms with E-state index in [0.717, 1.165) is 31.8 Å². The first-order valence-electron chi connectivity index (χ1n) is 9.73. The number of nitrogens with one attached hydrogen (secondary N) is 2. The molecule has 0 spiro atoms. The number of hydrogen-bond acceptors (Lipinski definition) is 3. The molecule has 1 atom stereocenters. The number of aliphatic imine (C=N–C) groups is 1. The fraction of sp³-hybridized carbons (Fsp3) is 0.650. The molecule has 0 aliphatic carbocycles. The SMILES string of the molecule is CCNC(=NCC(CC)(CC)c1ccccc1)NCC1CCS(=O)(=O)C1. The van der Waals surface area contributed by atoms with Crippen molar-refractivity contribution in [1.29, 1.82) is 0 Å². The Bertz CT molecular complexity index is 682. The van der Waals surface area contributed by atoms with E-state index in [-0.39, 0.29) is 17.1 Å². The second-order valence-corrected chi connectivity index (χ2v) is 9.43. The molecule has 1 saturated heterocycles. The molecule has 1 unspecified atom stereocenters. The van der Waals surface area contributed by atoms with Gasteiger partial charge in [0.25, 0.3) is 0 Å². The third-order valence-corrected chi connectivity index (χ3v) is 7.35. The number of nitrogens with zero attached hydrogens (tertiary/aromatic N) is 1. The molecule has 0 saturated carbocycles. The highest BCUT2D eigenvalue weighted by Gasteiger charge is 2.29. The van der Waals surface area contributed by atoms with Gasteiger partial charge in [0, 0.05) is 18.5 Å². The van der Waals surface area contributed by atoms with Crippen molar-refractivity contribution < 1.29 is 8.42 Å². The van der Waals surface area contributed by atoms with Crippen LogP contribution < -0.4 is 10.6 Å². The Labute approximate surface area is 158 Å². The molecule has 2 N–H and O–H groups in total. The molecule has 1 aliphatic heterocycles. The molecule has 0 amide bonds. The van der Waals surface area contributed by atoms with Gasteiger partial charge in [-0.3, -0.25) is 4.99 Å². The van der Waals surface area contributed by atoms with E-state index in [1.807, 2.05) is 13.0 Å². The highest BCUT2D eigenvalue weighted by atomic mass is 32.2. The van der Waals surface area contributed by atoms with Crippen LogP contribution in [0.1, 0.15) is 45.6 Å². The molecule has 1 aromatic rings. The fourth-order valence-corrected chi connectivity index (χ4v) is 5.47. The van der Waals surface area contributed by atoms with Crippen LogP contribution in [0.15, 0.2) is 35.3 Å². The van der Waals surface area contributed by atoms with Gasteiger partial charge < -0.3 is 10.6 Å². The van der Waals surface area contributed by atoms with Crippen molar-refractivity contribution in [2.24, 2.45) is 10.9 Å². The predicted octanol–water partition coefficient (Wildman–Crippen LogP) is 2.73. The van der Waals surface area contributed by atoms with Gasteiger partial charge in [-0.05, 0) is 37.7 Å². The summed E-state index contributed by atoms with van der Waals surface area (Å²) in [4.78, 5) is 4.85. The summed E-state index contributed by atoms with van der Waals surface area (Å²) >= 11 is 0. The van der Waals surface area contributed by atoms with Crippen LogP contribution in [0, 0.1) is 5.92 Å². The number of guanidine groups is 1. The van der Waals surface area contributed by atoms with Crippen molar-refractivity contribution in [3.63, 3.8) is 0 Å². The Balaban J connectivity index is 2.06. The van der Waals surface area contributed by atoms with Crippen molar-refractivity contribution in [1.82, 2.24) is 10.6 Å². The van der Waals surface area contributed by atoms with E-state index in [9.17, 15) is 8.42 Å². The van der Waals surface area contributed by atoms with Crippen LogP contribution in [-0.4, -0.2) is 45.5 Å². The first-order chi connectivity index (χ1) is 12.4. The van der Waals surface area contributed by atoms with Crippen molar-refractivity contribution in [3.8, 4) is 0 Å². The lowest BCUT2D eigenvalue weighted by molar-refractivity contribution is 0.406. The first kappa shape index (κ1) is 20.7. The molecule has 0 aromatic heterocycles. The summed E-state index contributed by atoms with van der Waals surface area (Å²) in [6, 6.07) is 10.6. The van der Waals surface area contributed by atoms with Gasteiger partial charge in [0.15, 0.2) is 15.8 Å². The van der Waals surface area contributed by atoms with Crippen LogP contribution in [0.4, 0.5) is 0 Å². The summed E-state index contributed by atoms with van der Waals surface area (Å²) in [5.74, 6) is 1.56. The minimum Gasteiger partial charge on any atom is -0.357 e. The Kier molecular flexibility index (Phi) is 7.50. The van der Waals surface area contributed by atoms with Crippen LogP contribution in [0.5, 0.6) is 0 Å². The van der Waals surface area contributed by atoms with E-state index in [4.69, 9.17) is 4.99 Å². The summed E-state index contributed by atoms with van der Waals surface area (Å²) in [5, 5.41) is 6.64. The second kappa shape index (κ2) is 9.40. The van der Waals surface area contributed by atoms with E-state index in [1.165, 1.54) is 5.56 Å². The molecule has 1 heterocycles. The number of sulfone groups is 1. The molecule has 26 heavy (non-hydrogen) atoms. The topological polar surface area (TPSA) is 70.6 Å². The van der Waals surface area contributed by atoms with Crippen LogP contribution in [0.25, 0.3) is 0 Å². The average molecular weight is 380 g/mol. The van der Waals surface area contributed by atoms with Crippen LogP contribution in [0.2, 0.25) is 0 Å². The molecule has 1 aliphatic rings. The lowest BCUT2D eigenvalue weighted by Gasteiger charge is -2.31. The minimum absolute atomic E-state index is 0.0281. The van der Waals surface area contributed by atoms with Gasteiger partial charge in [-0.15, -0.1) is 0 Å². The van der Waals surface area contributed by atoms with E-state index >= 15 is 0 Å². The zero-order chi connectivity index (χ0) is 19.0. The highest BCUT2D eigenvalue weighted by molar-refractivity contribution is 7.91. The van der Waals surface area contributed by atoms with Crippen LogP contribution >= 0.6 is 0 Å². The number of hydrogen-bond donors (Lipinski definition) is 2. The Morgan fingerprint density at radius 1 is 1.15 bits per heavy atom. The lowest BCUT2D eigenvalue weighted by Crippen LogP contribution is -2.41. The molecular weight excluding hydrogens is 346 g/mol. The van der Waals surface area contributed by atoms with E-state index in [1.54, 1.807) is 0 Å². The molecule has 2 rings (SSSR count). The smallest absolute Gasteiger partial charge is 0.191 e. The molecular formula is C20H33N3O2S. The summed E-state index contributed by atoms with van der Waals surface area (Å²) < 4.78 is 23.3. The monoisotopic (exact) mass is 379 g/mol. The van der Waals surface area contributed by atoms with Crippen molar-refractivity contribution >= 4 is 15.8 Å². The molecule has 0 bridgehead atoms. The quantitative estimate of drug-likeness (QED) is 0.538. The summed E-state index contributed by atoms with van der Waals surface area (Å²) in [5.41, 5.74) is 1.35. The van der Waals surface area contributed by atoms with Gasteiger partial charge in [0.1, 0.15) is 0 Å². The zero-order valence-corrected chi connectivity index (χ0v) is 17.1. The normalized spacial score (nSPS) is 20.1. The van der Waals surface area contributed by atoms with Crippen molar-refractivity contribution in [3.05, 3.63) is 35.9 Å². The Hall–Kier alpha value is -1.56. The maximum absolute atomic E-state index is 11.6. The van der Waals surface area contributed by atoms with Gasteiger partial charge in [0.05, 0.1) is 18.1 Å². The lowest BCUT2D eigenvalue weighted by atomic mass is 9.76. The van der Waals surface area contributed by atoms with Crippen molar-refractivity contribution in [2.75, 3.05) is 31.1 Å². The Morgan fingerprint density at radius 2 is 1.85 bits per heavy atom. The second-order valence-electron chi connectivity index (χ2n) is 7.20. The van der Waals surface area contributed by atoms with Gasteiger partial charge in [-0.2, -0.15) is 0 Å². The maximum Gasteiger partial charge on any atom is 0.191 e. The zero-order valence-electron chi connectivity index (χ0n) is 16.3. The fourth-order valence-electron chi connectivity index (χ4n) is 3.61. The summed E-state index contributed by atoms with van der Waals surface area (Å²) in [7, 11) is -2.84. The van der Waals surface area contributed by atoms with E-state index in [0.29, 0.717) is 18.8 Å². The third kappa shape index (κ3) is 5.47. The molecule has 6 heteroatoms. The maximum atomic E-state index is 11.6. The van der Waals surface area contributed by atoms with E-state index < -0.39 is 9.84 Å². The van der Waals surface area contributed by atoms with E-state index in [2.05, 4.69) is 48.7 Å². The molecule has 5 nitrogen and oxygen atoms in total. The standard InChI is InChI=1S/C20H33N3O2S/c1-4-20(5-2,18-10-8-7-9-11-18)16-23-19(21-6-3)22-14-17-12-13-26(24,25)15-17/h7-11,17H,4-6,12-16H2,1-3H3,(H2,21,22,23). The highest BCUT2D eigenvalue weighted by Crippen LogP contribution is 2.32. The van der Waals surface area contributed by atoms with Gasteiger partial charge in [0.2, 0.25) is 0 Å². The van der Waals surface area contributed by atoms with Crippen molar-refractivity contribution in [2.45, 2.75) is 45.4 Å². The van der Waals surface area contributed by atoms with Gasteiger partial charge in [-0.1, -0.05) is 44.2 Å². The minimum atomic E-state index is -2.84. The largest absolute Gasteiger partial charge is 0.357 e. The molecule has 1 aromatic carbocycles. The predicted molar refractivity (Wildman–Crippen MR) is 109 cm³/mol. The van der Waals surface area contributed by atoms with Crippen LogP contribution in [0.3, 0.4) is 0 Å². The Morgan fingerprint density at radius 3 is 2.38 bits per heavy atom. The third-order valence-electron chi connectivity index (χ3n) is 5.51. The molecule has 146 valence electrons. The summed E-state index contributed by atoms with van der Waals surface area (Å²) in [6.45, 7) is 8.63. The molecule has 0 radical (unpaired) electrons. The first-order valence-corrected chi connectivity index (χ1v) is 11.5. The number of benzene rings is 1. The summed E-state index contributed by atoms with van der Waals surface area (Å²) in [6.07, 6.45) is 2.79. The van der Waals surface area contributed by atoms with Crippen LogP contribution in [-0.2, 0) is 15.3 Å². The van der Waals surface area contributed by atoms with Gasteiger partial charge >= 0.3 is 0 Å². The number of rotatable bonds is 8. The average Bonchev–Trinajstić information content (AvgIpc) is 3.00.